The molecule has 0 radical (unpaired) electrons. The molecule has 0 amide bonds. The normalized spacial score (nSPS) is 33.8. The Morgan fingerprint density at radius 1 is 0.909 bits per heavy atom. The minimum absolute atomic E-state index is 0.252. The second kappa shape index (κ2) is 4.43. The maximum absolute atomic E-state index is 3.70. The van der Waals surface area contributed by atoms with Gasteiger partial charge in [-0.2, -0.15) is 0 Å². The Morgan fingerprint density at radius 3 is 1.55 bits per heavy atom. The lowest BCUT2D eigenvalue weighted by atomic mass is 10.2. The van der Waals surface area contributed by atoms with Gasteiger partial charge in [0.05, 0.1) is 3.23 Å². The molecule has 0 aliphatic heterocycles. The number of hydrogen-bond acceptors (Lipinski definition) is 0. The van der Waals surface area contributed by atoms with Crippen molar-refractivity contribution in [2.24, 2.45) is 11.8 Å². The molecule has 1 saturated carbocycles. The Bertz CT molecular complexity index is 120. The second-order valence-corrected chi connectivity index (χ2v) is 8.12. The SMILES string of the molecule is BrCC[C@H]1[C@H](CCBr)C1(Br)Br. The van der Waals surface area contributed by atoms with E-state index in [1.807, 2.05) is 0 Å². The van der Waals surface area contributed by atoms with Crippen LogP contribution in [-0.2, 0) is 0 Å². The monoisotopic (exact) mass is 410 g/mol. The minimum atomic E-state index is 0.252. The van der Waals surface area contributed by atoms with E-state index in [0.29, 0.717) is 0 Å². The van der Waals surface area contributed by atoms with Gasteiger partial charge in [-0.1, -0.05) is 63.7 Å². The van der Waals surface area contributed by atoms with Crippen LogP contribution in [0.5, 0.6) is 0 Å². The summed E-state index contributed by atoms with van der Waals surface area (Å²) >= 11 is 14.3. The fraction of sp³-hybridized carbons (Fsp3) is 1.00. The van der Waals surface area contributed by atoms with Gasteiger partial charge in [-0.05, 0) is 24.7 Å². The highest BCUT2D eigenvalue weighted by Crippen LogP contribution is 2.64. The van der Waals surface area contributed by atoms with E-state index in [2.05, 4.69) is 63.7 Å². The number of rotatable bonds is 4. The molecule has 11 heavy (non-hydrogen) atoms. The third-order valence-corrected chi connectivity index (χ3v) is 5.47. The Labute approximate surface area is 101 Å². The zero-order valence-corrected chi connectivity index (χ0v) is 12.3. The van der Waals surface area contributed by atoms with Crippen LogP contribution in [0.1, 0.15) is 12.8 Å². The third-order valence-electron chi connectivity index (χ3n) is 2.21. The quantitative estimate of drug-likeness (QED) is 0.603. The van der Waals surface area contributed by atoms with Crippen LogP contribution in [0.2, 0.25) is 0 Å². The van der Waals surface area contributed by atoms with Crippen molar-refractivity contribution in [3.63, 3.8) is 0 Å². The Hall–Kier alpha value is 1.92. The first-order valence-corrected chi connectivity index (χ1v) is 7.47. The van der Waals surface area contributed by atoms with Gasteiger partial charge in [0.15, 0.2) is 0 Å². The summed E-state index contributed by atoms with van der Waals surface area (Å²) in [7, 11) is 0. The second-order valence-electron chi connectivity index (χ2n) is 2.84. The lowest BCUT2D eigenvalue weighted by Gasteiger charge is -1.94. The van der Waals surface area contributed by atoms with Gasteiger partial charge in [-0.25, -0.2) is 0 Å². The van der Waals surface area contributed by atoms with Crippen LogP contribution < -0.4 is 0 Å². The van der Waals surface area contributed by atoms with Crippen LogP contribution in [-0.4, -0.2) is 13.9 Å². The molecule has 4 heteroatoms. The van der Waals surface area contributed by atoms with E-state index >= 15 is 0 Å². The summed E-state index contributed by atoms with van der Waals surface area (Å²) in [6, 6.07) is 0. The molecule has 0 aromatic rings. The van der Waals surface area contributed by atoms with Crippen LogP contribution in [0.25, 0.3) is 0 Å². The molecule has 1 aliphatic carbocycles. The maximum Gasteiger partial charge on any atom is 0.0869 e. The van der Waals surface area contributed by atoms with Gasteiger partial charge in [-0.15, -0.1) is 0 Å². The molecule has 0 unspecified atom stereocenters. The van der Waals surface area contributed by atoms with Gasteiger partial charge >= 0.3 is 0 Å². The van der Waals surface area contributed by atoms with Crippen LogP contribution >= 0.6 is 63.7 Å². The number of halogens is 4. The van der Waals surface area contributed by atoms with Gasteiger partial charge in [0, 0.05) is 10.7 Å². The molecule has 0 bridgehead atoms. The Kier molecular flexibility index (Phi) is 4.43. The van der Waals surface area contributed by atoms with E-state index in [4.69, 9.17) is 0 Å². The van der Waals surface area contributed by atoms with Crippen LogP contribution in [0.15, 0.2) is 0 Å². The summed E-state index contributed by atoms with van der Waals surface area (Å²) in [6.07, 6.45) is 2.52. The number of hydrogen-bond donors (Lipinski definition) is 0. The maximum atomic E-state index is 3.70. The van der Waals surface area contributed by atoms with E-state index in [-0.39, 0.29) is 3.23 Å². The highest BCUT2D eigenvalue weighted by molar-refractivity contribution is 9.25. The largest absolute Gasteiger partial charge is 0.0928 e. The first kappa shape index (κ1) is 11.0. The molecular weight excluding hydrogens is 404 g/mol. The minimum Gasteiger partial charge on any atom is -0.0928 e. The molecular formula is C7H10Br4. The lowest BCUT2D eigenvalue weighted by Crippen LogP contribution is -1.89. The van der Waals surface area contributed by atoms with Crippen molar-refractivity contribution in [2.75, 3.05) is 10.7 Å². The number of alkyl halides is 4. The van der Waals surface area contributed by atoms with E-state index in [0.717, 1.165) is 22.5 Å². The molecule has 0 N–H and O–H groups in total. The summed E-state index contributed by atoms with van der Waals surface area (Å²) in [5.74, 6) is 1.61. The molecule has 1 rings (SSSR count). The van der Waals surface area contributed by atoms with E-state index in [1.54, 1.807) is 0 Å². The van der Waals surface area contributed by atoms with Gasteiger partial charge in [0.2, 0.25) is 0 Å². The fourth-order valence-electron chi connectivity index (χ4n) is 1.48. The first-order valence-electron chi connectivity index (χ1n) is 3.64. The molecule has 1 fully saturated rings. The Morgan fingerprint density at radius 2 is 1.27 bits per heavy atom. The van der Waals surface area contributed by atoms with Gasteiger partial charge in [0.25, 0.3) is 0 Å². The molecule has 66 valence electrons. The molecule has 1 aliphatic rings. The highest BCUT2D eigenvalue weighted by Gasteiger charge is 2.59. The van der Waals surface area contributed by atoms with Crippen molar-refractivity contribution in [3.8, 4) is 0 Å². The molecule has 0 nitrogen and oxygen atoms in total. The van der Waals surface area contributed by atoms with Crippen LogP contribution in [0.4, 0.5) is 0 Å². The third kappa shape index (κ3) is 2.44. The highest BCUT2D eigenvalue weighted by atomic mass is 79.9. The van der Waals surface area contributed by atoms with Crippen LogP contribution in [0.3, 0.4) is 0 Å². The van der Waals surface area contributed by atoms with Crippen LogP contribution in [0, 0.1) is 11.8 Å². The van der Waals surface area contributed by atoms with Crippen molar-refractivity contribution >= 4 is 63.7 Å². The lowest BCUT2D eigenvalue weighted by molar-refractivity contribution is 0.675. The van der Waals surface area contributed by atoms with Gasteiger partial charge < -0.3 is 0 Å². The van der Waals surface area contributed by atoms with Gasteiger partial charge in [0.1, 0.15) is 0 Å². The van der Waals surface area contributed by atoms with Crippen molar-refractivity contribution in [2.45, 2.75) is 16.1 Å². The van der Waals surface area contributed by atoms with E-state index in [1.165, 1.54) is 12.8 Å². The summed E-state index contributed by atoms with van der Waals surface area (Å²) in [6.45, 7) is 0. The summed E-state index contributed by atoms with van der Waals surface area (Å²) in [4.78, 5) is 0. The summed E-state index contributed by atoms with van der Waals surface area (Å²) in [5.41, 5.74) is 0. The molecule has 0 aromatic heterocycles. The first-order chi connectivity index (χ1) is 5.14. The smallest absolute Gasteiger partial charge is 0.0869 e. The molecule has 0 aromatic carbocycles. The molecule has 0 spiro atoms. The van der Waals surface area contributed by atoms with Crippen molar-refractivity contribution < 1.29 is 0 Å². The van der Waals surface area contributed by atoms with Gasteiger partial charge in [-0.3, -0.25) is 0 Å². The topological polar surface area (TPSA) is 0 Å². The van der Waals surface area contributed by atoms with Crippen molar-refractivity contribution in [3.05, 3.63) is 0 Å². The standard InChI is InChI=1S/C7H10Br4/c8-3-1-5-6(2-4-9)7(5,10)11/h5-6H,1-4H2/t5-,6-/m0/s1. The molecule has 0 heterocycles. The Balaban J connectivity index is 2.34. The molecule has 0 saturated heterocycles. The molecule has 2 atom stereocenters. The summed E-state index contributed by atoms with van der Waals surface area (Å²) < 4.78 is 0.252. The van der Waals surface area contributed by atoms with Crippen molar-refractivity contribution in [1.29, 1.82) is 0 Å². The van der Waals surface area contributed by atoms with E-state index < -0.39 is 0 Å². The fourth-order valence-corrected chi connectivity index (χ4v) is 4.40. The predicted molar refractivity (Wildman–Crippen MR) is 64.4 cm³/mol. The van der Waals surface area contributed by atoms with Crippen molar-refractivity contribution in [1.82, 2.24) is 0 Å². The average molecular weight is 414 g/mol. The zero-order valence-electron chi connectivity index (χ0n) is 5.99. The predicted octanol–water partition coefficient (Wildman–Crippen LogP) is 4.29. The zero-order chi connectivity index (χ0) is 8.48. The summed E-state index contributed by atoms with van der Waals surface area (Å²) in [5, 5.41) is 2.21. The van der Waals surface area contributed by atoms with E-state index in [9.17, 15) is 0 Å². The average Bonchev–Trinajstić information content (AvgIpc) is 2.41.